The molecule has 8 N–H and O–H groups in total. The molecule has 0 unspecified atom stereocenters. The Balaban J connectivity index is 2.73. The summed E-state index contributed by atoms with van der Waals surface area (Å²) < 4.78 is 20.0. The largest absolute Gasteiger partial charge is 0.465 e. The average Bonchev–Trinajstić information content (AvgIpc) is 2.66. The summed E-state index contributed by atoms with van der Waals surface area (Å²) in [4.78, 5) is 30.4. The quantitative estimate of drug-likeness (QED) is 0.214. The van der Waals surface area contributed by atoms with E-state index >= 15 is 4.39 Å². The Kier molecular flexibility index (Phi) is 6.47. The standard InChI is InChI=1S/C17H18FN7O3/c1-28-15(27)10-7-11(22-8-26)14(24-17(21)25-16(19)20)12(18)13(10)23-9-5-3-2-4-6-9/h2-8,23H,1H3,(H,22,26)(H6,19,20,21,24,25). The highest BCUT2D eigenvalue weighted by Crippen LogP contribution is 2.38. The smallest absolute Gasteiger partial charge is 0.340 e. The van der Waals surface area contributed by atoms with Gasteiger partial charge in [-0.15, -0.1) is 0 Å². The molecule has 2 aromatic carbocycles. The summed E-state index contributed by atoms with van der Waals surface area (Å²) in [6.07, 6.45) is 0.288. The summed E-state index contributed by atoms with van der Waals surface area (Å²) in [5.41, 5.74) is 15.6. The number of anilines is 3. The van der Waals surface area contributed by atoms with Gasteiger partial charge in [0.25, 0.3) is 0 Å². The summed E-state index contributed by atoms with van der Waals surface area (Å²) in [5, 5.41) is 5.05. The number of methoxy groups -OCH3 is 1. The van der Waals surface area contributed by atoms with Crippen molar-refractivity contribution >= 4 is 47.0 Å². The van der Waals surface area contributed by atoms with Crippen LogP contribution in [0.25, 0.3) is 0 Å². The van der Waals surface area contributed by atoms with Crippen LogP contribution in [0, 0.1) is 5.82 Å². The fourth-order valence-electron chi connectivity index (χ4n) is 2.25. The molecule has 0 fully saturated rings. The molecule has 0 aliphatic rings. The number of carbonyl (C=O) groups is 2. The van der Waals surface area contributed by atoms with Gasteiger partial charge >= 0.3 is 5.97 Å². The average molecular weight is 387 g/mol. The molecule has 146 valence electrons. The number of aliphatic imine (C=N–C) groups is 2. The molecule has 0 heterocycles. The molecule has 0 bridgehead atoms. The maximum Gasteiger partial charge on any atom is 0.340 e. The first-order chi connectivity index (χ1) is 13.4. The van der Waals surface area contributed by atoms with E-state index in [-0.39, 0.29) is 35.0 Å². The molecule has 1 amide bonds. The maximum absolute atomic E-state index is 15.3. The van der Waals surface area contributed by atoms with Crippen LogP contribution in [0.15, 0.2) is 46.4 Å². The highest BCUT2D eigenvalue weighted by molar-refractivity contribution is 6.02. The number of para-hydroxylation sites is 1. The molecule has 0 saturated heterocycles. The van der Waals surface area contributed by atoms with E-state index in [1.165, 1.54) is 6.07 Å². The molecule has 2 rings (SSSR count). The topological polar surface area (TPSA) is 170 Å². The van der Waals surface area contributed by atoms with Crippen LogP contribution < -0.4 is 27.8 Å². The number of benzene rings is 2. The maximum atomic E-state index is 15.3. The number of halogens is 1. The third-order valence-corrected chi connectivity index (χ3v) is 3.37. The van der Waals surface area contributed by atoms with Crippen LogP contribution in [0.2, 0.25) is 0 Å². The van der Waals surface area contributed by atoms with Gasteiger partial charge in [-0.3, -0.25) is 4.79 Å². The number of nitrogens with two attached hydrogens (primary N) is 3. The molecule has 0 atom stereocenters. The summed E-state index contributed by atoms with van der Waals surface area (Å²) in [6, 6.07) is 9.72. The molecule has 0 saturated carbocycles. The Morgan fingerprint density at radius 3 is 2.46 bits per heavy atom. The van der Waals surface area contributed by atoms with E-state index < -0.39 is 17.7 Å². The van der Waals surface area contributed by atoms with Crippen molar-refractivity contribution in [2.75, 3.05) is 17.7 Å². The highest BCUT2D eigenvalue weighted by atomic mass is 19.1. The number of guanidine groups is 2. The van der Waals surface area contributed by atoms with Gasteiger partial charge in [-0.2, -0.15) is 4.99 Å². The van der Waals surface area contributed by atoms with Crippen molar-refractivity contribution in [2.24, 2.45) is 27.2 Å². The zero-order valence-electron chi connectivity index (χ0n) is 14.8. The lowest BCUT2D eigenvalue weighted by Gasteiger charge is -2.16. The second-order valence-electron chi connectivity index (χ2n) is 5.26. The predicted octanol–water partition coefficient (Wildman–Crippen LogP) is 1.14. The SMILES string of the molecule is COC(=O)c1cc(NC=O)c(N=C(N)N=C(N)N)c(F)c1Nc1ccccc1. The van der Waals surface area contributed by atoms with E-state index in [9.17, 15) is 9.59 Å². The number of nitrogens with zero attached hydrogens (tertiary/aromatic N) is 2. The molecule has 11 heteroatoms. The Labute approximate surface area is 159 Å². The fourth-order valence-corrected chi connectivity index (χ4v) is 2.25. The zero-order valence-corrected chi connectivity index (χ0v) is 14.8. The van der Waals surface area contributed by atoms with Gasteiger partial charge in [0.1, 0.15) is 5.69 Å². The summed E-state index contributed by atoms with van der Waals surface area (Å²) in [6.45, 7) is 0. The number of ether oxygens (including phenoxy) is 1. The second-order valence-corrected chi connectivity index (χ2v) is 5.26. The van der Waals surface area contributed by atoms with Crippen molar-refractivity contribution < 1.29 is 18.7 Å². The Morgan fingerprint density at radius 1 is 1.21 bits per heavy atom. The van der Waals surface area contributed by atoms with Gasteiger partial charge < -0.3 is 32.6 Å². The van der Waals surface area contributed by atoms with E-state index in [4.69, 9.17) is 21.9 Å². The Bertz CT molecular complexity index is 942. The lowest BCUT2D eigenvalue weighted by atomic mass is 10.1. The van der Waals surface area contributed by atoms with Crippen LogP contribution >= 0.6 is 0 Å². The third-order valence-electron chi connectivity index (χ3n) is 3.37. The first-order valence-electron chi connectivity index (χ1n) is 7.78. The minimum atomic E-state index is -0.982. The van der Waals surface area contributed by atoms with Gasteiger partial charge in [-0.1, -0.05) is 18.2 Å². The predicted molar refractivity (Wildman–Crippen MR) is 104 cm³/mol. The minimum absolute atomic E-state index is 0.139. The Morgan fingerprint density at radius 2 is 1.89 bits per heavy atom. The van der Waals surface area contributed by atoms with Crippen molar-refractivity contribution in [1.82, 2.24) is 0 Å². The molecule has 0 radical (unpaired) electrons. The number of carbonyl (C=O) groups excluding carboxylic acids is 2. The first kappa shape index (κ1) is 20.2. The molecular weight excluding hydrogens is 369 g/mol. The van der Waals surface area contributed by atoms with Crippen molar-refractivity contribution in [3.05, 3.63) is 47.8 Å². The van der Waals surface area contributed by atoms with Crippen LogP contribution in [-0.4, -0.2) is 31.4 Å². The second kappa shape index (κ2) is 8.98. The highest BCUT2D eigenvalue weighted by Gasteiger charge is 2.23. The number of hydrogen-bond acceptors (Lipinski definition) is 5. The number of nitrogens with one attached hydrogen (secondary N) is 2. The van der Waals surface area contributed by atoms with Gasteiger partial charge in [0.2, 0.25) is 12.4 Å². The van der Waals surface area contributed by atoms with Crippen molar-refractivity contribution in [3.63, 3.8) is 0 Å². The molecule has 28 heavy (non-hydrogen) atoms. The van der Waals surface area contributed by atoms with Crippen LogP contribution in [-0.2, 0) is 9.53 Å². The van der Waals surface area contributed by atoms with Crippen molar-refractivity contribution in [1.29, 1.82) is 0 Å². The third kappa shape index (κ3) is 4.72. The van der Waals surface area contributed by atoms with E-state index in [1.54, 1.807) is 30.3 Å². The number of amides is 1. The molecule has 0 spiro atoms. The van der Waals surface area contributed by atoms with Gasteiger partial charge in [-0.25, -0.2) is 14.2 Å². The zero-order chi connectivity index (χ0) is 20.7. The van der Waals surface area contributed by atoms with Gasteiger partial charge in [0, 0.05) is 5.69 Å². The summed E-state index contributed by atoms with van der Waals surface area (Å²) in [7, 11) is 1.14. The first-order valence-corrected chi connectivity index (χ1v) is 7.78. The van der Waals surface area contributed by atoms with Gasteiger partial charge in [0.05, 0.1) is 24.0 Å². The molecule has 0 aliphatic carbocycles. The van der Waals surface area contributed by atoms with E-state index in [0.717, 1.165) is 7.11 Å². The Hall–Kier alpha value is -4.15. The van der Waals surface area contributed by atoms with Crippen LogP contribution in [0.1, 0.15) is 10.4 Å². The molecule has 2 aromatic rings. The van der Waals surface area contributed by atoms with E-state index in [2.05, 4.69) is 20.6 Å². The number of hydrogen-bond donors (Lipinski definition) is 5. The monoisotopic (exact) mass is 387 g/mol. The summed E-state index contributed by atoms with van der Waals surface area (Å²) in [5.74, 6) is -2.66. The molecule has 10 nitrogen and oxygen atoms in total. The fraction of sp³-hybridized carbons (Fsp3) is 0.0588. The lowest BCUT2D eigenvalue weighted by Crippen LogP contribution is -2.26. The van der Waals surface area contributed by atoms with Crippen LogP contribution in [0.5, 0.6) is 0 Å². The van der Waals surface area contributed by atoms with E-state index in [0.29, 0.717) is 5.69 Å². The molecule has 0 aromatic heterocycles. The van der Waals surface area contributed by atoms with Crippen molar-refractivity contribution in [3.8, 4) is 0 Å². The number of esters is 1. The summed E-state index contributed by atoms with van der Waals surface area (Å²) >= 11 is 0. The minimum Gasteiger partial charge on any atom is -0.465 e. The van der Waals surface area contributed by atoms with Crippen LogP contribution in [0.3, 0.4) is 0 Å². The number of rotatable bonds is 6. The van der Waals surface area contributed by atoms with Crippen LogP contribution in [0.4, 0.5) is 27.1 Å². The van der Waals surface area contributed by atoms with Gasteiger partial charge in [0.15, 0.2) is 11.8 Å². The van der Waals surface area contributed by atoms with Gasteiger partial charge in [-0.05, 0) is 18.2 Å². The van der Waals surface area contributed by atoms with Crippen molar-refractivity contribution in [2.45, 2.75) is 0 Å². The molecular formula is C17H18FN7O3. The van der Waals surface area contributed by atoms with E-state index in [1.807, 2.05) is 0 Å². The molecule has 0 aliphatic heterocycles. The normalized spacial score (nSPS) is 10.7. The lowest BCUT2D eigenvalue weighted by molar-refractivity contribution is -0.105.